The molecule has 5 heteroatoms. The van der Waals surface area contributed by atoms with E-state index in [2.05, 4.69) is 9.73 Å². The van der Waals surface area contributed by atoms with Gasteiger partial charge in [0.1, 0.15) is 5.49 Å². The minimum Gasteiger partial charge on any atom is -0.465 e. The second-order valence-electron chi connectivity index (χ2n) is 5.44. The number of benzene rings is 1. The summed E-state index contributed by atoms with van der Waals surface area (Å²) in [4.78, 5) is 28.2. The Morgan fingerprint density at radius 1 is 1.12 bits per heavy atom. The maximum atomic E-state index is 12.4. The molecular formula is C19H20N2O3. The number of carbonyl (C=O) groups is 2. The van der Waals surface area contributed by atoms with E-state index < -0.39 is 0 Å². The fourth-order valence-electron chi connectivity index (χ4n) is 2.09. The summed E-state index contributed by atoms with van der Waals surface area (Å²) in [5.41, 5.74) is 1.90. The molecule has 0 fully saturated rings. The molecule has 1 aromatic heterocycles. The second-order valence-corrected chi connectivity index (χ2v) is 5.44. The van der Waals surface area contributed by atoms with Crippen LogP contribution in [0.5, 0.6) is 0 Å². The molecule has 0 radical (unpaired) electrons. The van der Waals surface area contributed by atoms with Crippen molar-refractivity contribution in [3.05, 3.63) is 71.4 Å². The first-order chi connectivity index (χ1) is 11.5. The fraction of sp³-hybridized carbons (Fsp3) is 0.211. The molecule has 0 saturated carbocycles. The summed E-state index contributed by atoms with van der Waals surface area (Å²) in [6.07, 6.45) is 4.86. The van der Waals surface area contributed by atoms with Gasteiger partial charge >= 0.3 is 5.97 Å². The number of carbonyl (C=O) groups excluding carboxylic acids is 2. The van der Waals surface area contributed by atoms with Crippen molar-refractivity contribution in [1.29, 1.82) is 0 Å². The highest BCUT2D eigenvalue weighted by Crippen LogP contribution is 2.07. The average Bonchev–Trinajstić information content (AvgIpc) is 2.59. The molecule has 0 aliphatic heterocycles. The van der Waals surface area contributed by atoms with Gasteiger partial charge in [-0.15, -0.1) is 0 Å². The maximum Gasteiger partial charge on any atom is 0.337 e. The molecule has 0 atom stereocenters. The van der Waals surface area contributed by atoms with Crippen molar-refractivity contribution >= 4 is 18.0 Å². The molecular weight excluding hydrogens is 304 g/mol. The molecule has 0 aliphatic carbocycles. The van der Waals surface area contributed by atoms with Gasteiger partial charge in [-0.1, -0.05) is 18.2 Å². The minimum atomic E-state index is -0.388. The van der Waals surface area contributed by atoms with Gasteiger partial charge in [-0.3, -0.25) is 14.4 Å². The second kappa shape index (κ2) is 8.06. The average molecular weight is 324 g/mol. The Hall–Kier alpha value is -2.95. The molecule has 2 rings (SSSR count). The molecule has 1 heterocycles. The van der Waals surface area contributed by atoms with Crippen molar-refractivity contribution in [2.24, 2.45) is 4.99 Å². The van der Waals surface area contributed by atoms with Crippen molar-refractivity contribution in [3.63, 3.8) is 0 Å². The number of aromatic nitrogens is 1. The van der Waals surface area contributed by atoms with Crippen LogP contribution in [0.3, 0.4) is 0 Å². The zero-order valence-corrected chi connectivity index (χ0v) is 14.0. The van der Waals surface area contributed by atoms with Gasteiger partial charge in [0.2, 0.25) is 0 Å². The lowest BCUT2D eigenvalue weighted by molar-refractivity contribution is 0.0600. The van der Waals surface area contributed by atoms with Crippen molar-refractivity contribution in [3.8, 4) is 0 Å². The molecule has 2 aromatic rings. The summed E-state index contributed by atoms with van der Waals surface area (Å²) in [6.45, 7) is 3.92. The van der Waals surface area contributed by atoms with E-state index in [1.54, 1.807) is 48.7 Å². The molecule has 0 saturated heterocycles. The Balaban J connectivity index is 2.21. The summed E-state index contributed by atoms with van der Waals surface area (Å²) in [5, 5.41) is 0. The summed E-state index contributed by atoms with van der Waals surface area (Å²) in [6, 6.07) is 12.4. The molecule has 124 valence electrons. The number of methoxy groups -OCH3 is 1. The lowest BCUT2D eigenvalue weighted by Crippen LogP contribution is -2.26. The largest absolute Gasteiger partial charge is 0.465 e. The third-order valence-corrected chi connectivity index (χ3v) is 3.22. The molecule has 0 unspecified atom stereocenters. The molecule has 0 bridgehead atoms. The molecule has 0 spiro atoms. The van der Waals surface area contributed by atoms with Crippen LogP contribution in [0.25, 0.3) is 6.08 Å². The van der Waals surface area contributed by atoms with E-state index in [0.29, 0.717) is 11.1 Å². The first kappa shape index (κ1) is 17.4. The molecule has 1 aromatic carbocycles. The minimum absolute atomic E-state index is 0.0984. The van der Waals surface area contributed by atoms with Crippen LogP contribution in [0, 0.1) is 0 Å². The van der Waals surface area contributed by atoms with Gasteiger partial charge in [0.05, 0.1) is 12.7 Å². The number of allylic oxidation sites excluding steroid dienone is 1. The standard InChI is InChI=1S/C19H20N2O3/c1-14(2)20-17-6-4-5-13-21(17)18(22)12-9-15-7-10-16(11-8-15)19(23)24-3/h4-14H,1-3H3/b12-9+,20-17?. The van der Waals surface area contributed by atoms with Crippen LogP contribution in [-0.4, -0.2) is 29.6 Å². The molecule has 0 amide bonds. The normalized spacial score (nSPS) is 11.9. The monoisotopic (exact) mass is 324 g/mol. The van der Waals surface area contributed by atoms with Gasteiger partial charge in [-0.25, -0.2) is 4.79 Å². The van der Waals surface area contributed by atoms with Gasteiger partial charge in [-0.05, 0) is 49.8 Å². The topological polar surface area (TPSA) is 60.7 Å². The Morgan fingerprint density at radius 3 is 2.46 bits per heavy atom. The van der Waals surface area contributed by atoms with Crippen molar-refractivity contribution in [1.82, 2.24) is 4.57 Å². The third kappa shape index (κ3) is 4.52. The van der Waals surface area contributed by atoms with E-state index in [4.69, 9.17) is 0 Å². The van der Waals surface area contributed by atoms with Crippen molar-refractivity contribution in [2.45, 2.75) is 19.9 Å². The SMILES string of the molecule is COC(=O)c1ccc(/C=C/C(=O)n2ccccc2=NC(C)C)cc1. The zero-order valence-electron chi connectivity index (χ0n) is 14.0. The van der Waals surface area contributed by atoms with Crippen molar-refractivity contribution < 1.29 is 14.3 Å². The Kier molecular flexibility index (Phi) is 5.84. The van der Waals surface area contributed by atoms with Gasteiger partial charge in [0, 0.05) is 18.3 Å². The summed E-state index contributed by atoms with van der Waals surface area (Å²) in [7, 11) is 1.34. The van der Waals surface area contributed by atoms with E-state index in [1.165, 1.54) is 17.8 Å². The van der Waals surface area contributed by atoms with Gasteiger partial charge in [0.15, 0.2) is 0 Å². The number of hydrogen-bond donors (Lipinski definition) is 0. The predicted octanol–water partition coefficient (Wildman–Crippen LogP) is 2.94. The highest BCUT2D eigenvalue weighted by atomic mass is 16.5. The molecule has 24 heavy (non-hydrogen) atoms. The van der Waals surface area contributed by atoms with Crippen LogP contribution in [0.15, 0.2) is 59.7 Å². The molecule has 5 nitrogen and oxygen atoms in total. The van der Waals surface area contributed by atoms with Crippen molar-refractivity contribution in [2.75, 3.05) is 7.11 Å². The van der Waals surface area contributed by atoms with Crippen LogP contribution in [0.4, 0.5) is 0 Å². The molecule has 0 N–H and O–H groups in total. The van der Waals surface area contributed by atoms with Crippen LogP contribution in [0.1, 0.15) is 34.6 Å². The lowest BCUT2D eigenvalue weighted by Gasteiger charge is -2.04. The lowest BCUT2D eigenvalue weighted by atomic mass is 10.1. The van der Waals surface area contributed by atoms with Gasteiger partial charge < -0.3 is 4.74 Å². The summed E-state index contributed by atoms with van der Waals surface area (Å²) >= 11 is 0. The smallest absolute Gasteiger partial charge is 0.337 e. The number of nitrogens with zero attached hydrogens (tertiary/aromatic N) is 2. The first-order valence-corrected chi connectivity index (χ1v) is 7.63. The number of hydrogen-bond acceptors (Lipinski definition) is 4. The Labute approximate surface area is 140 Å². The fourth-order valence-corrected chi connectivity index (χ4v) is 2.09. The number of esters is 1. The van der Waals surface area contributed by atoms with Crippen LogP contribution < -0.4 is 5.49 Å². The number of rotatable bonds is 4. The third-order valence-electron chi connectivity index (χ3n) is 3.22. The summed E-state index contributed by atoms with van der Waals surface area (Å²) < 4.78 is 6.15. The van der Waals surface area contributed by atoms with Gasteiger partial charge in [-0.2, -0.15) is 0 Å². The maximum absolute atomic E-state index is 12.4. The van der Waals surface area contributed by atoms with Crippen LogP contribution in [-0.2, 0) is 4.74 Å². The predicted molar refractivity (Wildman–Crippen MR) is 92.6 cm³/mol. The van der Waals surface area contributed by atoms with E-state index >= 15 is 0 Å². The van der Waals surface area contributed by atoms with Crippen LogP contribution >= 0.6 is 0 Å². The number of ether oxygens (including phenoxy) is 1. The Morgan fingerprint density at radius 2 is 1.83 bits per heavy atom. The van der Waals surface area contributed by atoms with E-state index in [0.717, 1.165) is 5.56 Å². The van der Waals surface area contributed by atoms with E-state index in [9.17, 15) is 9.59 Å². The highest BCUT2D eigenvalue weighted by molar-refractivity contribution is 5.94. The van der Waals surface area contributed by atoms with E-state index in [-0.39, 0.29) is 17.9 Å². The molecule has 0 aliphatic rings. The Bertz CT molecular complexity index is 815. The highest BCUT2D eigenvalue weighted by Gasteiger charge is 2.04. The number of pyridine rings is 1. The van der Waals surface area contributed by atoms with Gasteiger partial charge in [0.25, 0.3) is 5.91 Å². The zero-order chi connectivity index (χ0) is 17.5. The summed E-state index contributed by atoms with van der Waals surface area (Å²) in [5.74, 6) is -0.576. The van der Waals surface area contributed by atoms with E-state index in [1.807, 2.05) is 19.9 Å². The first-order valence-electron chi connectivity index (χ1n) is 7.63. The quantitative estimate of drug-likeness (QED) is 0.642. The van der Waals surface area contributed by atoms with Crippen LogP contribution in [0.2, 0.25) is 0 Å².